The van der Waals surface area contributed by atoms with Crippen molar-refractivity contribution in [3.63, 3.8) is 0 Å². The van der Waals surface area contributed by atoms with Crippen LogP contribution in [-0.4, -0.2) is 27.8 Å². The lowest BCUT2D eigenvalue weighted by Crippen LogP contribution is -2.30. The lowest BCUT2D eigenvalue weighted by Gasteiger charge is -2.15. The number of anilines is 1. The molecule has 2 aromatic carbocycles. The van der Waals surface area contributed by atoms with Gasteiger partial charge in [0.15, 0.2) is 6.10 Å². The third kappa shape index (κ3) is 4.65. The number of rotatable bonds is 5. The van der Waals surface area contributed by atoms with Crippen molar-refractivity contribution in [3.05, 3.63) is 75.5 Å². The van der Waals surface area contributed by atoms with Crippen molar-refractivity contribution in [1.29, 1.82) is 0 Å². The van der Waals surface area contributed by atoms with E-state index in [-0.39, 0.29) is 15.7 Å². The normalized spacial score (nSPS) is 11.7. The van der Waals surface area contributed by atoms with E-state index in [1.54, 1.807) is 47.4 Å². The second kappa shape index (κ2) is 8.65. The van der Waals surface area contributed by atoms with E-state index in [1.807, 2.05) is 0 Å². The molecule has 0 aliphatic carbocycles. The first-order valence-electron chi connectivity index (χ1n) is 8.11. The van der Waals surface area contributed by atoms with Gasteiger partial charge < -0.3 is 10.1 Å². The summed E-state index contributed by atoms with van der Waals surface area (Å²) in [5.41, 5.74) is 1.29. The number of nitrogens with zero attached hydrogens (tertiary/aromatic N) is 2. The molecular formula is C19H14Cl3N3O3. The van der Waals surface area contributed by atoms with Gasteiger partial charge in [0, 0.05) is 17.4 Å². The molecule has 3 rings (SSSR count). The van der Waals surface area contributed by atoms with Gasteiger partial charge in [-0.1, -0.05) is 34.8 Å². The second-order valence-electron chi connectivity index (χ2n) is 5.78. The van der Waals surface area contributed by atoms with Gasteiger partial charge in [0.25, 0.3) is 5.91 Å². The van der Waals surface area contributed by atoms with E-state index >= 15 is 0 Å². The molecular weight excluding hydrogens is 425 g/mol. The Morgan fingerprint density at radius 2 is 1.75 bits per heavy atom. The highest BCUT2D eigenvalue weighted by atomic mass is 35.5. The van der Waals surface area contributed by atoms with Crippen molar-refractivity contribution in [1.82, 2.24) is 9.78 Å². The number of esters is 1. The van der Waals surface area contributed by atoms with Gasteiger partial charge in [0.2, 0.25) is 0 Å². The molecule has 0 spiro atoms. The Labute approximate surface area is 176 Å². The van der Waals surface area contributed by atoms with Crippen LogP contribution >= 0.6 is 34.8 Å². The summed E-state index contributed by atoms with van der Waals surface area (Å²) in [5, 5.41) is 7.35. The highest BCUT2D eigenvalue weighted by Gasteiger charge is 2.21. The molecule has 1 amide bonds. The molecule has 1 atom stereocenters. The number of hydrogen-bond acceptors (Lipinski definition) is 4. The van der Waals surface area contributed by atoms with Crippen LogP contribution in [0.5, 0.6) is 0 Å². The van der Waals surface area contributed by atoms with Crippen molar-refractivity contribution in [3.8, 4) is 5.69 Å². The van der Waals surface area contributed by atoms with Crippen LogP contribution in [0.2, 0.25) is 15.1 Å². The highest BCUT2D eigenvalue weighted by Crippen LogP contribution is 2.33. The van der Waals surface area contributed by atoms with E-state index in [1.165, 1.54) is 19.1 Å². The Morgan fingerprint density at radius 3 is 2.32 bits per heavy atom. The topological polar surface area (TPSA) is 73.2 Å². The summed E-state index contributed by atoms with van der Waals surface area (Å²) >= 11 is 17.9. The monoisotopic (exact) mass is 437 g/mol. The van der Waals surface area contributed by atoms with Gasteiger partial charge in [0.1, 0.15) is 0 Å². The molecule has 0 radical (unpaired) electrons. The predicted molar refractivity (Wildman–Crippen MR) is 109 cm³/mol. The standard InChI is InChI=1S/C19H14Cl3N3O3/c1-11(18(26)24-17-15(21)9-13(20)10-16(17)22)28-19(27)12-3-5-14(6-4-12)25-8-2-7-23-25/h2-11H,1H3,(H,24,26). The first-order valence-corrected chi connectivity index (χ1v) is 9.25. The molecule has 3 aromatic rings. The smallest absolute Gasteiger partial charge is 0.338 e. The van der Waals surface area contributed by atoms with Crippen LogP contribution in [0.15, 0.2) is 54.9 Å². The summed E-state index contributed by atoms with van der Waals surface area (Å²) in [7, 11) is 0. The minimum atomic E-state index is -1.07. The Morgan fingerprint density at radius 1 is 1.11 bits per heavy atom. The van der Waals surface area contributed by atoms with Crippen molar-refractivity contribution in [2.75, 3.05) is 5.32 Å². The van der Waals surface area contributed by atoms with Gasteiger partial charge in [-0.25, -0.2) is 9.48 Å². The van der Waals surface area contributed by atoms with E-state index in [9.17, 15) is 9.59 Å². The van der Waals surface area contributed by atoms with Crippen LogP contribution in [0.1, 0.15) is 17.3 Å². The van der Waals surface area contributed by atoms with Crippen LogP contribution in [0.3, 0.4) is 0 Å². The quantitative estimate of drug-likeness (QED) is 0.568. The zero-order valence-corrected chi connectivity index (χ0v) is 16.8. The fourth-order valence-electron chi connectivity index (χ4n) is 2.34. The largest absolute Gasteiger partial charge is 0.449 e. The lowest BCUT2D eigenvalue weighted by molar-refractivity contribution is -0.123. The van der Waals surface area contributed by atoms with E-state index in [0.29, 0.717) is 10.6 Å². The fourth-order valence-corrected chi connectivity index (χ4v) is 3.25. The molecule has 0 aliphatic rings. The van der Waals surface area contributed by atoms with Crippen LogP contribution in [0, 0.1) is 0 Å². The minimum absolute atomic E-state index is 0.179. The first kappa shape index (κ1) is 20.2. The summed E-state index contributed by atoms with van der Waals surface area (Å²) in [6.45, 7) is 1.45. The summed E-state index contributed by atoms with van der Waals surface area (Å²) in [5.74, 6) is -1.21. The zero-order chi connectivity index (χ0) is 20.3. The third-order valence-electron chi connectivity index (χ3n) is 3.78. The number of aromatic nitrogens is 2. The molecule has 1 N–H and O–H groups in total. The lowest BCUT2D eigenvalue weighted by atomic mass is 10.2. The maximum Gasteiger partial charge on any atom is 0.338 e. The van der Waals surface area contributed by atoms with Crippen LogP contribution < -0.4 is 5.32 Å². The van der Waals surface area contributed by atoms with Crippen LogP contribution in [0.25, 0.3) is 5.69 Å². The number of nitrogens with one attached hydrogen (secondary N) is 1. The number of carbonyl (C=O) groups is 2. The van der Waals surface area contributed by atoms with Gasteiger partial charge >= 0.3 is 5.97 Å². The van der Waals surface area contributed by atoms with Crippen molar-refractivity contribution >= 4 is 52.4 Å². The first-order chi connectivity index (χ1) is 13.3. The summed E-state index contributed by atoms with van der Waals surface area (Å²) in [6, 6.07) is 11.3. The summed E-state index contributed by atoms with van der Waals surface area (Å²) in [6.07, 6.45) is 2.37. The molecule has 28 heavy (non-hydrogen) atoms. The van der Waals surface area contributed by atoms with E-state index in [2.05, 4.69) is 10.4 Å². The molecule has 1 heterocycles. The van der Waals surface area contributed by atoms with Gasteiger partial charge in [-0.3, -0.25) is 4.79 Å². The Bertz CT molecular complexity index is 982. The van der Waals surface area contributed by atoms with Gasteiger partial charge in [-0.15, -0.1) is 0 Å². The average molecular weight is 439 g/mol. The van der Waals surface area contributed by atoms with E-state index in [4.69, 9.17) is 39.5 Å². The molecule has 1 aromatic heterocycles. The predicted octanol–water partition coefficient (Wildman–Crippen LogP) is 5.02. The molecule has 6 nitrogen and oxygen atoms in total. The number of hydrogen-bond donors (Lipinski definition) is 1. The average Bonchev–Trinajstić information content (AvgIpc) is 3.19. The zero-order valence-electron chi connectivity index (χ0n) is 14.5. The Balaban J connectivity index is 1.64. The third-order valence-corrected chi connectivity index (χ3v) is 4.59. The number of benzene rings is 2. The van der Waals surface area contributed by atoms with Gasteiger partial charge in [0.05, 0.1) is 27.0 Å². The molecule has 0 fully saturated rings. The second-order valence-corrected chi connectivity index (χ2v) is 7.03. The SMILES string of the molecule is CC(OC(=O)c1ccc(-n2cccn2)cc1)C(=O)Nc1c(Cl)cc(Cl)cc1Cl. The molecule has 9 heteroatoms. The summed E-state index contributed by atoms with van der Waals surface area (Å²) < 4.78 is 6.88. The van der Waals surface area contributed by atoms with E-state index < -0.39 is 18.0 Å². The van der Waals surface area contributed by atoms with Crippen molar-refractivity contribution in [2.24, 2.45) is 0 Å². The maximum absolute atomic E-state index is 12.3. The van der Waals surface area contributed by atoms with E-state index in [0.717, 1.165) is 5.69 Å². The minimum Gasteiger partial charge on any atom is -0.449 e. The Hall–Kier alpha value is -2.54. The summed E-state index contributed by atoms with van der Waals surface area (Å²) in [4.78, 5) is 24.6. The number of ether oxygens (including phenoxy) is 1. The number of carbonyl (C=O) groups excluding carboxylic acids is 2. The van der Waals surface area contributed by atoms with Crippen LogP contribution in [0.4, 0.5) is 5.69 Å². The molecule has 144 valence electrons. The number of amides is 1. The molecule has 0 saturated carbocycles. The van der Waals surface area contributed by atoms with Gasteiger partial charge in [-0.05, 0) is 49.4 Å². The molecule has 1 unspecified atom stereocenters. The number of halogens is 3. The van der Waals surface area contributed by atoms with Crippen molar-refractivity contribution in [2.45, 2.75) is 13.0 Å². The van der Waals surface area contributed by atoms with Crippen LogP contribution in [-0.2, 0) is 9.53 Å². The fraction of sp³-hybridized carbons (Fsp3) is 0.105. The van der Waals surface area contributed by atoms with Crippen molar-refractivity contribution < 1.29 is 14.3 Å². The molecule has 0 bridgehead atoms. The molecule has 0 saturated heterocycles. The molecule has 0 aliphatic heterocycles. The Kier molecular flexibility index (Phi) is 6.24. The highest BCUT2D eigenvalue weighted by molar-refractivity contribution is 6.42. The van der Waals surface area contributed by atoms with Gasteiger partial charge in [-0.2, -0.15) is 5.10 Å². The maximum atomic E-state index is 12.3.